The summed E-state index contributed by atoms with van der Waals surface area (Å²) in [6.07, 6.45) is 6.74. The van der Waals surface area contributed by atoms with Gasteiger partial charge in [-0.25, -0.2) is 0 Å². The largest absolute Gasteiger partial charge is 0.493 e. The summed E-state index contributed by atoms with van der Waals surface area (Å²) in [7, 11) is 3.10. The second kappa shape index (κ2) is 7.31. The van der Waals surface area contributed by atoms with Crippen LogP contribution in [0.3, 0.4) is 0 Å². The van der Waals surface area contributed by atoms with Crippen LogP contribution in [-0.2, 0) is 0 Å². The molecule has 0 radical (unpaired) electrons. The molecule has 0 atom stereocenters. The maximum Gasteiger partial charge on any atom is 0.185 e. The Hall–Kier alpha value is -2.75. The van der Waals surface area contributed by atoms with E-state index in [0.29, 0.717) is 17.1 Å². The third-order valence-corrected chi connectivity index (χ3v) is 3.08. The predicted octanol–water partition coefficient (Wildman–Crippen LogP) is 4.14. The lowest BCUT2D eigenvalue weighted by Gasteiger charge is -2.07. The van der Waals surface area contributed by atoms with E-state index in [0.717, 1.165) is 11.3 Å². The fourth-order valence-electron chi connectivity index (χ4n) is 1.94. The minimum atomic E-state index is -0.104. The molecule has 0 aliphatic heterocycles. The zero-order valence-corrected chi connectivity index (χ0v) is 12.8. The summed E-state index contributed by atoms with van der Waals surface area (Å²) in [6, 6.07) is 8.76. The molecule has 0 amide bonds. The SMILES string of the molecule is COc1ccc(C(=O)/C=C/C(C)=C/c2ccco2)cc1OC. The first kappa shape index (κ1) is 15.6. The molecule has 2 rings (SSSR count). The van der Waals surface area contributed by atoms with Crippen LogP contribution in [0.2, 0.25) is 0 Å². The van der Waals surface area contributed by atoms with Gasteiger partial charge in [0.25, 0.3) is 0 Å². The minimum absolute atomic E-state index is 0.104. The van der Waals surface area contributed by atoms with Crippen molar-refractivity contribution in [1.29, 1.82) is 0 Å². The Labute approximate surface area is 129 Å². The van der Waals surface area contributed by atoms with Crippen molar-refractivity contribution in [3.8, 4) is 11.5 Å². The van der Waals surface area contributed by atoms with Gasteiger partial charge in [-0.2, -0.15) is 0 Å². The Kier molecular flexibility index (Phi) is 5.20. The highest BCUT2D eigenvalue weighted by Gasteiger charge is 2.08. The van der Waals surface area contributed by atoms with Crippen molar-refractivity contribution >= 4 is 11.9 Å². The zero-order valence-electron chi connectivity index (χ0n) is 12.8. The van der Waals surface area contributed by atoms with Crippen LogP contribution in [0.5, 0.6) is 11.5 Å². The Morgan fingerprint density at radius 1 is 1.09 bits per heavy atom. The van der Waals surface area contributed by atoms with Gasteiger partial charge in [-0.3, -0.25) is 4.79 Å². The topological polar surface area (TPSA) is 48.7 Å². The standard InChI is InChI=1S/C18H18O4/c1-13(11-15-5-4-10-22-15)6-8-16(19)14-7-9-17(20-2)18(12-14)21-3/h4-12H,1-3H3/b8-6+,13-11+. The summed E-state index contributed by atoms with van der Waals surface area (Å²) in [5, 5.41) is 0. The maximum absolute atomic E-state index is 12.2. The van der Waals surface area contributed by atoms with Gasteiger partial charge in [-0.05, 0) is 55.0 Å². The number of rotatable bonds is 6. The van der Waals surface area contributed by atoms with Crippen LogP contribution in [0.1, 0.15) is 23.0 Å². The smallest absolute Gasteiger partial charge is 0.185 e. The molecule has 114 valence electrons. The Bertz CT molecular complexity index is 694. The molecule has 0 fully saturated rings. The molecule has 1 aromatic heterocycles. The van der Waals surface area contributed by atoms with Gasteiger partial charge in [-0.15, -0.1) is 0 Å². The Morgan fingerprint density at radius 2 is 1.86 bits per heavy atom. The molecule has 1 aromatic carbocycles. The van der Waals surface area contributed by atoms with Crippen LogP contribution < -0.4 is 9.47 Å². The van der Waals surface area contributed by atoms with Crippen molar-refractivity contribution in [3.05, 3.63) is 65.6 Å². The molecule has 0 N–H and O–H groups in total. The molecule has 2 aromatic rings. The van der Waals surface area contributed by atoms with Gasteiger partial charge in [-0.1, -0.05) is 6.08 Å². The van der Waals surface area contributed by atoms with E-state index in [1.165, 1.54) is 13.2 Å². The number of methoxy groups -OCH3 is 2. The molecule has 0 spiro atoms. The monoisotopic (exact) mass is 298 g/mol. The summed E-state index contributed by atoms with van der Waals surface area (Å²) in [5.41, 5.74) is 1.46. The van der Waals surface area contributed by atoms with Crippen LogP contribution in [0.15, 0.2) is 58.7 Å². The summed E-state index contributed by atoms with van der Waals surface area (Å²) in [5.74, 6) is 1.77. The molecule has 1 heterocycles. The van der Waals surface area contributed by atoms with Gasteiger partial charge in [0.05, 0.1) is 20.5 Å². The minimum Gasteiger partial charge on any atom is -0.493 e. The van der Waals surface area contributed by atoms with Crippen molar-refractivity contribution in [2.24, 2.45) is 0 Å². The summed E-state index contributed by atoms with van der Waals surface area (Å²) >= 11 is 0. The maximum atomic E-state index is 12.2. The molecular formula is C18H18O4. The van der Waals surface area contributed by atoms with Crippen molar-refractivity contribution in [3.63, 3.8) is 0 Å². The highest BCUT2D eigenvalue weighted by atomic mass is 16.5. The first-order valence-corrected chi connectivity index (χ1v) is 6.80. The van der Waals surface area contributed by atoms with Gasteiger partial charge in [0.15, 0.2) is 17.3 Å². The van der Waals surface area contributed by atoms with E-state index in [-0.39, 0.29) is 5.78 Å². The number of hydrogen-bond donors (Lipinski definition) is 0. The summed E-state index contributed by atoms with van der Waals surface area (Å²) in [4.78, 5) is 12.2. The van der Waals surface area contributed by atoms with Crippen molar-refractivity contribution in [1.82, 2.24) is 0 Å². The molecule has 4 heteroatoms. The number of carbonyl (C=O) groups excluding carboxylic acids is 1. The summed E-state index contributed by atoms with van der Waals surface area (Å²) in [6.45, 7) is 1.90. The zero-order chi connectivity index (χ0) is 15.9. The number of furan rings is 1. The molecular weight excluding hydrogens is 280 g/mol. The molecule has 0 aliphatic rings. The molecule has 0 saturated heterocycles. The van der Waals surface area contributed by atoms with E-state index in [1.54, 1.807) is 37.6 Å². The van der Waals surface area contributed by atoms with E-state index in [4.69, 9.17) is 13.9 Å². The second-order valence-corrected chi connectivity index (χ2v) is 4.67. The normalized spacial score (nSPS) is 11.7. The number of benzene rings is 1. The number of ether oxygens (including phenoxy) is 2. The third-order valence-electron chi connectivity index (χ3n) is 3.08. The molecule has 0 saturated carbocycles. The Balaban J connectivity index is 2.13. The van der Waals surface area contributed by atoms with E-state index >= 15 is 0 Å². The average Bonchev–Trinajstić information content (AvgIpc) is 3.04. The van der Waals surface area contributed by atoms with Gasteiger partial charge in [0.1, 0.15) is 5.76 Å². The Morgan fingerprint density at radius 3 is 2.50 bits per heavy atom. The number of allylic oxidation sites excluding steroid dienone is 3. The molecule has 4 nitrogen and oxygen atoms in total. The third kappa shape index (κ3) is 3.88. The molecule has 22 heavy (non-hydrogen) atoms. The van der Waals surface area contributed by atoms with Crippen LogP contribution in [-0.4, -0.2) is 20.0 Å². The van der Waals surface area contributed by atoms with Gasteiger partial charge in [0.2, 0.25) is 0 Å². The fourth-order valence-corrected chi connectivity index (χ4v) is 1.94. The van der Waals surface area contributed by atoms with Gasteiger partial charge in [0, 0.05) is 5.56 Å². The second-order valence-electron chi connectivity index (χ2n) is 4.67. The van der Waals surface area contributed by atoms with Crippen molar-refractivity contribution in [2.75, 3.05) is 14.2 Å². The lowest BCUT2D eigenvalue weighted by atomic mass is 10.1. The van der Waals surface area contributed by atoms with E-state index < -0.39 is 0 Å². The average molecular weight is 298 g/mol. The molecule has 0 unspecified atom stereocenters. The van der Waals surface area contributed by atoms with E-state index in [1.807, 2.05) is 25.1 Å². The first-order chi connectivity index (χ1) is 10.6. The highest BCUT2D eigenvalue weighted by molar-refractivity contribution is 6.05. The first-order valence-electron chi connectivity index (χ1n) is 6.80. The quantitative estimate of drug-likeness (QED) is 0.457. The highest BCUT2D eigenvalue weighted by Crippen LogP contribution is 2.27. The van der Waals surface area contributed by atoms with E-state index in [2.05, 4.69) is 0 Å². The fraction of sp³-hybridized carbons (Fsp3) is 0.167. The van der Waals surface area contributed by atoms with Crippen LogP contribution in [0, 0.1) is 0 Å². The number of hydrogen-bond acceptors (Lipinski definition) is 4. The van der Waals surface area contributed by atoms with Crippen LogP contribution in [0.4, 0.5) is 0 Å². The molecule has 0 aliphatic carbocycles. The van der Waals surface area contributed by atoms with Crippen LogP contribution in [0.25, 0.3) is 6.08 Å². The summed E-state index contributed by atoms with van der Waals surface area (Å²) < 4.78 is 15.6. The number of carbonyl (C=O) groups is 1. The van der Waals surface area contributed by atoms with Gasteiger partial charge < -0.3 is 13.9 Å². The number of ketones is 1. The van der Waals surface area contributed by atoms with Crippen molar-refractivity contribution in [2.45, 2.75) is 6.92 Å². The predicted molar refractivity (Wildman–Crippen MR) is 85.4 cm³/mol. The van der Waals surface area contributed by atoms with E-state index in [9.17, 15) is 4.79 Å². The molecule has 0 bridgehead atoms. The lowest BCUT2D eigenvalue weighted by molar-refractivity contribution is 0.104. The van der Waals surface area contributed by atoms with Crippen molar-refractivity contribution < 1.29 is 18.7 Å². The van der Waals surface area contributed by atoms with Gasteiger partial charge >= 0.3 is 0 Å². The van der Waals surface area contributed by atoms with Crippen LogP contribution >= 0.6 is 0 Å². The lowest BCUT2D eigenvalue weighted by Crippen LogP contribution is -1.97.